The summed E-state index contributed by atoms with van der Waals surface area (Å²) in [5, 5.41) is 0. The average molecular weight is 232 g/mol. The third kappa shape index (κ3) is 1.33. The zero-order valence-electron chi connectivity index (χ0n) is 11.1. The molecule has 0 aromatic carbocycles. The third-order valence-electron chi connectivity index (χ3n) is 4.42. The quantitative estimate of drug-likeness (QED) is 0.686. The SMILES string of the molecule is C=C(C)C1=CC2CCC(C)(C)C(=O)C12C(C)=O. The normalized spacial score (nSPS) is 34.5. The van der Waals surface area contributed by atoms with Gasteiger partial charge >= 0.3 is 0 Å². The van der Waals surface area contributed by atoms with Crippen molar-refractivity contribution in [1.82, 2.24) is 0 Å². The van der Waals surface area contributed by atoms with Crippen molar-refractivity contribution >= 4 is 11.6 Å². The largest absolute Gasteiger partial charge is 0.298 e. The van der Waals surface area contributed by atoms with E-state index in [9.17, 15) is 9.59 Å². The summed E-state index contributed by atoms with van der Waals surface area (Å²) in [6.07, 6.45) is 3.86. The molecule has 0 aromatic heterocycles. The molecule has 2 aliphatic rings. The summed E-state index contributed by atoms with van der Waals surface area (Å²) in [6.45, 7) is 11.2. The molecule has 1 saturated carbocycles. The van der Waals surface area contributed by atoms with E-state index in [0.717, 1.165) is 24.0 Å². The average Bonchev–Trinajstić information content (AvgIpc) is 2.13. The van der Waals surface area contributed by atoms with Gasteiger partial charge in [0, 0.05) is 11.3 Å². The number of carbonyl (C=O) groups is 2. The molecule has 0 radical (unpaired) electrons. The third-order valence-corrected chi connectivity index (χ3v) is 4.42. The highest BCUT2D eigenvalue weighted by molar-refractivity contribution is 6.14. The molecule has 0 aromatic rings. The molecule has 2 rings (SSSR count). The zero-order valence-corrected chi connectivity index (χ0v) is 11.1. The Balaban J connectivity index is 2.57. The van der Waals surface area contributed by atoms with E-state index in [1.165, 1.54) is 0 Å². The second-order valence-electron chi connectivity index (χ2n) is 6.08. The maximum Gasteiger partial charge on any atom is 0.156 e. The summed E-state index contributed by atoms with van der Waals surface area (Å²) in [4.78, 5) is 24.8. The van der Waals surface area contributed by atoms with Gasteiger partial charge in [-0.2, -0.15) is 0 Å². The monoisotopic (exact) mass is 232 g/mol. The van der Waals surface area contributed by atoms with Crippen LogP contribution in [0.2, 0.25) is 0 Å². The fourth-order valence-corrected chi connectivity index (χ4v) is 3.40. The first-order valence-corrected chi connectivity index (χ1v) is 6.18. The molecule has 2 aliphatic carbocycles. The molecule has 0 spiro atoms. The number of rotatable bonds is 2. The molecule has 2 nitrogen and oxygen atoms in total. The molecule has 1 fully saturated rings. The summed E-state index contributed by atoms with van der Waals surface area (Å²) in [6, 6.07) is 0. The van der Waals surface area contributed by atoms with E-state index >= 15 is 0 Å². The second-order valence-corrected chi connectivity index (χ2v) is 6.08. The molecule has 2 atom stereocenters. The van der Waals surface area contributed by atoms with Crippen LogP contribution in [0.25, 0.3) is 0 Å². The molecule has 0 saturated heterocycles. The fraction of sp³-hybridized carbons (Fsp3) is 0.600. The molecule has 92 valence electrons. The molecule has 0 bridgehead atoms. The highest BCUT2D eigenvalue weighted by Gasteiger charge is 2.62. The number of fused-ring (bicyclic) bond motifs is 1. The van der Waals surface area contributed by atoms with Crippen LogP contribution < -0.4 is 0 Å². The van der Waals surface area contributed by atoms with Crippen molar-refractivity contribution in [2.24, 2.45) is 16.7 Å². The molecule has 17 heavy (non-hydrogen) atoms. The van der Waals surface area contributed by atoms with E-state index in [1.807, 2.05) is 20.8 Å². The Morgan fingerprint density at radius 2 is 2.00 bits per heavy atom. The highest BCUT2D eigenvalue weighted by atomic mass is 16.2. The lowest BCUT2D eigenvalue weighted by atomic mass is 9.46. The minimum absolute atomic E-state index is 0.0132. The molecule has 0 amide bonds. The lowest BCUT2D eigenvalue weighted by molar-refractivity contribution is -0.151. The number of Topliss-reactive ketones (excluding diaryl/α,β-unsaturated/α-hetero) is 2. The number of ketones is 2. The van der Waals surface area contributed by atoms with Crippen LogP contribution in [0.15, 0.2) is 23.8 Å². The highest BCUT2D eigenvalue weighted by Crippen LogP contribution is 2.59. The van der Waals surface area contributed by atoms with E-state index in [-0.39, 0.29) is 17.5 Å². The van der Waals surface area contributed by atoms with Gasteiger partial charge in [-0.25, -0.2) is 0 Å². The first-order valence-electron chi connectivity index (χ1n) is 6.18. The summed E-state index contributed by atoms with van der Waals surface area (Å²) in [7, 11) is 0. The van der Waals surface area contributed by atoms with Crippen LogP contribution in [0.3, 0.4) is 0 Å². The van der Waals surface area contributed by atoms with Crippen LogP contribution in [0, 0.1) is 16.7 Å². The summed E-state index contributed by atoms with van der Waals surface area (Å²) in [5.74, 6) is 0.183. The van der Waals surface area contributed by atoms with Gasteiger partial charge in [0.05, 0.1) is 0 Å². The zero-order chi connectivity index (χ0) is 13.0. The Bertz CT molecular complexity index is 454. The second kappa shape index (κ2) is 3.41. The van der Waals surface area contributed by atoms with Crippen molar-refractivity contribution in [2.75, 3.05) is 0 Å². The van der Waals surface area contributed by atoms with Crippen molar-refractivity contribution in [2.45, 2.75) is 40.5 Å². The van der Waals surface area contributed by atoms with Crippen LogP contribution >= 0.6 is 0 Å². The molecule has 2 heteroatoms. The Hall–Kier alpha value is -1.18. The molecular weight excluding hydrogens is 212 g/mol. The standard InChI is InChI=1S/C15H20O2/c1-9(2)12-8-11-6-7-14(4,5)13(17)15(11,12)10(3)16/h8,11H,1,6-7H2,2-5H3. The predicted octanol–water partition coefficient (Wildman–Crippen LogP) is 3.08. The maximum atomic E-state index is 12.7. The molecular formula is C15H20O2. The van der Waals surface area contributed by atoms with Gasteiger partial charge in [0.1, 0.15) is 11.2 Å². The van der Waals surface area contributed by atoms with Gasteiger partial charge < -0.3 is 0 Å². The molecule has 0 N–H and O–H groups in total. The van der Waals surface area contributed by atoms with Crippen LogP contribution in [0.5, 0.6) is 0 Å². The van der Waals surface area contributed by atoms with Crippen molar-refractivity contribution < 1.29 is 9.59 Å². The summed E-state index contributed by atoms with van der Waals surface area (Å²) >= 11 is 0. The maximum absolute atomic E-state index is 12.7. The predicted molar refractivity (Wildman–Crippen MR) is 67.5 cm³/mol. The van der Waals surface area contributed by atoms with Crippen molar-refractivity contribution in [3.8, 4) is 0 Å². The van der Waals surface area contributed by atoms with Gasteiger partial charge in [-0.05, 0) is 32.3 Å². The molecule has 2 unspecified atom stereocenters. The van der Waals surface area contributed by atoms with Gasteiger partial charge in [0.25, 0.3) is 0 Å². The van der Waals surface area contributed by atoms with Crippen LogP contribution in [0.1, 0.15) is 40.5 Å². The van der Waals surface area contributed by atoms with E-state index < -0.39 is 10.8 Å². The van der Waals surface area contributed by atoms with E-state index in [2.05, 4.69) is 12.7 Å². The Morgan fingerprint density at radius 1 is 1.41 bits per heavy atom. The van der Waals surface area contributed by atoms with Crippen LogP contribution in [-0.4, -0.2) is 11.6 Å². The number of carbonyl (C=O) groups excluding carboxylic acids is 2. The van der Waals surface area contributed by atoms with Crippen molar-refractivity contribution in [1.29, 1.82) is 0 Å². The van der Waals surface area contributed by atoms with Gasteiger partial charge in [-0.3, -0.25) is 9.59 Å². The lowest BCUT2D eigenvalue weighted by Crippen LogP contribution is -2.59. The Morgan fingerprint density at radius 3 is 2.47 bits per heavy atom. The summed E-state index contributed by atoms with van der Waals surface area (Å²) in [5.41, 5.74) is 0.459. The van der Waals surface area contributed by atoms with Gasteiger partial charge in [0.15, 0.2) is 5.78 Å². The fourth-order valence-electron chi connectivity index (χ4n) is 3.40. The van der Waals surface area contributed by atoms with Gasteiger partial charge in [-0.1, -0.05) is 32.1 Å². The van der Waals surface area contributed by atoms with E-state index in [1.54, 1.807) is 6.92 Å². The van der Waals surface area contributed by atoms with Gasteiger partial charge in [-0.15, -0.1) is 0 Å². The lowest BCUT2D eigenvalue weighted by Gasteiger charge is -2.53. The van der Waals surface area contributed by atoms with Crippen molar-refractivity contribution in [3.63, 3.8) is 0 Å². The van der Waals surface area contributed by atoms with Crippen molar-refractivity contribution in [3.05, 3.63) is 23.8 Å². The molecule has 0 heterocycles. The van der Waals surface area contributed by atoms with E-state index in [0.29, 0.717) is 0 Å². The smallest absolute Gasteiger partial charge is 0.156 e. The summed E-state index contributed by atoms with van der Waals surface area (Å²) < 4.78 is 0. The first-order chi connectivity index (χ1) is 7.74. The van der Waals surface area contributed by atoms with Crippen LogP contribution in [-0.2, 0) is 9.59 Å². The minimum atomic E-state index is -0.867. The first kappa shape index (κ1) is 12.3. The Kier molecular flexibility index (Phi) is 2.46. The Labute approximate surface area is 103 Å². The van der Waals surface area contributed by atoms with E-state index in [4.69, 9.17) is 0 Å². The minimum Gasteiger partial charge on any atom is -0.298 e. The number of hydrogen-bond donors (Lipinski definition) is 0. The van der Waals surface area contributed by atoms with Gasteiger partial charge in [0.2, 0.25) is 0 Å². The number of hydrogen-bond acceptors (Lipinski definition) is 2. The number of allylic oxidation sites excluding steroid dienone is 3. The molecule has 0 aliphatic heterocycles. The van der Waals surface area contributed by atoms with Crippen LogP contribution in [0.4, 0.5) is 0 Å². The topological polar surface area (TPSA) is 34.1 Å².